The summed E-state index contributed by atoms with van der Waals surface area (Å²) in [7, 11) is 0. The van der Waals surface area contributed by atoms with Crippen molar-refractivity contribution in [3.63, 3.8) is 0 Å². The highest BCUT2D eigenvalue weighted by atomic mass is 16.4. The molecule has 2 aliphatic rings. The first-order valence-corrected chi connectivity index (χ1v) is 5.90. The molecule has 5 nitrogen and oxygen atoms in total. The van der Waals surface area contributed by atoms with Gasteiger partial charge in [-0.1, -0.05) is 6.42 Å². The Balaban J connectivity index is 1.81. The molecule has 0 bridgehead atoms. The number of carbonyl (C=O) groups is 1. The predicted molar refractivity (Wildman–Crippen MR) is 56.1 cm³/mol. The van der Waals surface area contributed by atoms with Crippen LogP contribution in [0.25, 0.3) is 0 Å². The number of hydrogen-bond donors (Lipinski definition) is 2. The minimum Gasteiger partial charge on any atom is -0.481 e. The van der Waals surface area contributed by atoms with Crippen LogP contribution in [0.15, 0.2) is 0 Å². The fraction of sp³-hybridized carbons (Fsp3) is 0.727. The maximum Gasteiger partial charge on any atom is 0.307 e. The maximum atomic E-state index is 11.1. The molecule has 1 aromatic rings. The standard InChI is InChI=1S/C11H15N3O2/c15-11(16)8-3-1-2-7(8)10-12-9(13-14-10)6-4-5-6/h6-8H,1-5H2,(H,15,16)(H,12,13,14). The number of nitrogens with zero attached hydrogens (tertiary/aromatic N) is 2. The zero-order valence-electron chi connectivity index (χ0n) is 9.02. The van der Waals surface area contributed by atoms with Gasteiger partial charge in [0, 0.05) is 11.8 Å². The van der Waals surface area contributed by atoms with Gasteiger partial charge in [0.05, 0.1) is 5.92 Å². The van der Waals surface area contributed by atoms with Gasteiger partial charge in [0.1, 0.15) is 5.82 Å². The molecule has 0 aromatic carbocycles. The molecule has 1 aromatic heterocycles. The maximum absolute atomic E-state index is 11.1. The van der Waals surface area contributed by atoms with Crippen molar-refractivity contribution in [2.75, 3.05) is 0 Å². The average Bonchev–Trinajstić information content (AvgIpc) is 2.83. The molecule has 0 radical (unpaired) electrons. The van der Waals surface area contributed by atoms with Crippen LogP contribution in [-0.4, -0.2) is 26.3 Å². The van der Waals surface area contributed by atoms with Gasteiger partial charge in [0.15, 0.2) is 5.82 Å². The normalized spacial score (nSPS) is 29.5. The summed E-state index contributed by atoms with van der Waals surface area (Å²) in [6.07, 6.45) is 4.99. The van der Waals surface area contributed by atoms with E-state index in [1.165, 1.54) is 12.8 Å². The van der Waals surface area contributed by atoms with Crippen LogP contribution in [-0.2, 0) is 4.79 Å². The topological polar surface area (TPSA) is 78.9 Å². The van der Waals surface area contributed by atoms with Crippen molar-refractivity contribution in [2.24, 2.45) is 5.92 Å². The number of aromatic nitrogens is 3. The molecule has 0 amide bonds. The highest BCUT2D eigenvalue weighted by Gasteiger charge is 2.37. The lowest BCUT2D eigenvalue weighted by atomic mass is 9.96. The fourth-order valence-corrected chi connectivity index (χ4v) is 2.56. The Kier molecular flexibility index (Phi) is 2.19. The van der Waals surface area contributed by atoms with E-state index in [9.17, 15) is 4.79 Å². The summed E-state index contributed by atoms with van der Waals surface area (Å²) >= 11 is 0. The molecule has 2 N–H and O–H groups in total. The molecule has 5 heteroatoms. The van der Waals surface area contributed by atoms with E-state index < -0.39 is 5.97 Å². The number of carboxylic acids is 1. The number of nitrogens with one attached hydrogen (secondary N) is 1. The van der Waals surface area contributed by atoms with Crippen LogP contribution in [0.2, 0.25) is 0 Å². The Labute approximate surface area is 93.3 Å². The molecule has 1 heterocycles. The van der Waals surface area contributed by atoms with E-state index in [1.54, 1.807) is 0 Å². The number of aromatic amines is 1. The minimum atomic E-state index is -0.702. The van der Waals surface area contributed by atoms with Crippen molar-refractivity contribution < 1.29 is 9.90 Å². The Morgan fingerprint density at radius 3 is 2.81 bits per heavy atom. The van der Waals surface area contributed by atoms with Crippen molar-refractivity contribution >= 4 is 5.97 Å². The highest BCUT2D eigenvalue weighted by molar-refractivity contribution is 5.71. The molecule has 2 atom stereocenters. The quantitative estimate of drug-likeness (QED) is 0.813. The monoisotopic (exact) mass is 221 g/mol. The second-order valence-corrected chi connectivity index (χ2v) is 4.84. The molecule has 16 heavy (non-hydrogen) atoms. The zero-order chi connectivity index (χ0) is 11.1. The number of hydrogen-bond acceptors (Lipinski definition) is 3. The number of carboxylic acid groups (broad SMARTS) is 1. The number of H-pyrrole nitrogens is 1. The van der Waals surface area contributed by atoms with Gasteiger partial charge in [-0.05, 0) is 25.7 Å². The lowest BCUT2D eigenvalue weighted by molar-refractivity contribution is -0.142. The van der Waals surface area contributed by atoms with Crippen molar-refractivity contribution in [3.8, 4) is 0 Å². The Hall–Kier alpha value is -1.39. The molecule has 86 valence electrons. The van der Waals surface area contributed by atoms with Gasteiger partial charge in [-0.15, -0.1) is 0 Å². The lowest BCUT2D eigenvalue weighted by Crippen LogP contribution is -2.17. The molecule has 2 unspecified atom stereocenters. The van der Waals surface area contributed by atoms with E-state index >= 15 is 0 Å². The number of rotatable bonds is 3. The van der Waals surface area contributed by atoms with Crippen LogP contribution in [0, 0.1) is 5.92 Å². The second-order valence-electron chi connectivity index (χ2n) is 4.84. The summed E-state index contributed by atoms with van der Waals surface area (Å²) in [5, 5.41) is 16.2. The predicted octanol–water partition coefficient (Wildman–Crippen LogP) is 1.65. The largest absolute Gasteiger partial charge is 0.481 e. The van der Waals surface area contributed by atoms with E-state index in [0.717, 1.165) is 30.9 Å². The summed E-state index contributed by atoms with van der Waals surface area (Å²) in [5.41, 5.74) is 0. The molecule has 0 aliphatic heterocycles. The van der Waals surface area contributed by atoms with E-state index in [4.69, 9.17) is 5.11 Å². The highest BCUT2D eigenvalue weighted by Crippen LogP contribution is 2.41. The van der Waals surface area contributed by atoms with Crippen LogP contribution in [0.5, 0.6) is 0 Å². The van der Waals surface area contributed by atoms with E-state index in [-0.39, 0.29) is 11.8 Å². The molecule has 2 aliphatic carbocycles. The third-order valence-corrected chi connectivity index (χ3v) is 3.65. The SMILES string of the molecule is O=C(O)C1CCCC1c1nc(C2CC2)n[nH]1. The van der Waals surface area contributed by atoms with Crippen molar-refractivity contribution in [1.29, 1.82) is 0 Å². The fourth-order valence-electron chi connectivity index (χ4n) is 2.56. The molecule has 2 saturated carbocycles. The Morgan fingerprint density at radius 1 is 1.31 bits per heavy atom. The van der Waals surface area contributed by atoms with Gasteiger partial charge in [-0.3, -0.25) is 9.89 Å². The van der Waals surface area contributed by atoms with Gasteiger partial charge in [-0.2, -0.15) is 5.10 Å². The Morgan fingerprint density at radius 2 is 2.12 bits per heavy atom. The van der Waals surface area contributed by atoms with E-state index in [0.29, 0.717) is 5.92 Å². The van der Waals surface area contributed by atoms with Gasteiger partial charge in [0.2, 0.25) is 0 Å². The molecule has 0 spiro atoms. The molecule has 3 rings (SSSR count). The average molecular weight is 221 g/mol. The van der Waals surface area contributed by atoms with E-state index in [1.807, 2.05) is 0 Å². The van der Waals surface area contributed by atoms with Crippen LogP contribution < -0.4 is 0 Å². The Bertz CT molecular complexity index is 411. The molecule has 0 saturated heterocycles. The summed E-state index contributed by atoms with van der Waals surface area (Å²) in [4.78, 5) is 15.5. The van der Waals surface area contributed by atoms with Gasteiger partial charge in [-0.25, -0.2) is 4.98 Å². The third-order valence-electron chi connectivity index (χ3n) is 3.65. The van der Waals surface area contributed by atoms with Gasteiger partial charge >= 0.3 is 5.97 Å². The van der Waals surface area contributed by atoms with Crippen molar-refractivity contribution in [3.05, 3.63) is 11.6 Å². The molecule has 2 fully saturated rings. The second kappa shape index (κ2) is 3.57. The third kappa shape index (κ3) is 1.60. The lowest BCUT2D eigenvalue weighted by Gasteiger charge is -2.11. The summed E-state index contributed by atoms with van der Waals surface area (Å²) in [6.45, 7) is 0. The molecular weight excluding hydrogens is 206 g/mol. The summed E-state index contributed by atoms with van der Waals surface area (Å²) in [5.74, 6) is 1.25. The zero-order valence-corrected chi connectivity index (χ0v) is 9.02. The first-order chi connectivity index (χ1) is 7.75. The van der Waals surface area contributed by atoms with Gasteiger partial charge in [0.25, 0.3) is 0 Å². The summed E-state index contributed by atoms with van der Waals surface area (Å²) in [6, 6.07) is 0. The smallest absolute Gasteiger partial charge is 0.307 e. The number of aliphatic carboxylic acids is 1. The first kappa shape index (κ1) is 9.81. The van der Waals surface area contributed by atoms with Gasteiger partial charge < -0.3 is 5.11 Å². The van der Waals surface area contributed by atoms with E-state index in [2.05, 4.69) is 15.2 Å². The molecular formula is C11H15N3O2. The van der Waals surface area contributed by atoms with Crippen molar-refractivity contribution in [1.82, 2.24) is 15.2 Å². The van der Waals surface area contributed by atoms with Crippen LogP contribution >= 0.6 is 0 Å². The summed E-state index contributed by atoms with van der Waals surface area (Å²) < 4.78 is 0. The van der Waals surface area contributed by atoms with Crippen LogP contribution in [0.1, 0.15) is 55.6 Å². The minimum absolute atomic E-state index is 0.0394. The van der Waals surface area contributed by atoms with Crippen LogP contribution in [0.3, 0.4) is 0 Å². The van der Waals surface area contributed by atoms with Crippen LogP contribution in [0.4, 0.5) is 0 Å². The van der Waals surface area contributed by atoms with Crippen molar-refractivity contribution in [2.45, 2.75) is 43.9 Å². The first-order valence-electron chi connectivity index (χ1n) is 5.90.